The van der Waals surface area contributed by atoms with Gasteiger partial charge in [0.25, 0.3) is 0 Å². The van der Waals surface area contributed by atoms with Gasteiger partial charge >= 0.3 is 0 Å². The molecule has 0 radical (unpaired) electrons. The maximum absolute atomic E-state index is 13.8. The number of halogens is 1. The Bertz CT molecular complexity index is 570. The third-order valence-corrected chi connectivity index (χ3v) is 5.05. The number of carbonyl (C=O) groups excluding carboxylic acids is 1. The quantitative estimate of drug-likeness (QED) is 0.792. The minimum Gasteiger partial charge on any atom is -0.489 e. The fourth-order valence-electron chi connectivity index (χ4n) is 3.81. The van der Waals surface area contributed by atoms with Crippen molar-refractivity contribution in [2.45, 2.75) is 51.0 Å². The molecule has 0 bridgehead atoms. The molecule has 1 fully saturated rings. The van der Waals surface area contributed by atoms with Crippen molar-refractivity contribution in [3.63, 3.8) is 0 Å². The number of amides is 1. The topological polar surface area (TPSA) is 64.4 Å². The summed E-state index contributed by atoms with van der Waals surface area (Å²) in [5, 5.41) is 3.47. The zero-order chi connectivity index (χ0) is 16.2. The van der Waals surface area contributed by atoms with Crippen molar-refractivity contribution in [2.75, 3.05) is 13.2 Å². The third-order valence-electron chi connectivity index (χ3n) is 5.05. The van der Waals surface area contributed by atoms with E-state index in [0.717, 1.165) is 18.9 Å². The fourth-order valence-corrected chi connectivity index (χ4v) is 3.81. The number of nitrogens with one attached hydrogen (secondary N) is 1. The Morgan fingerprint density at radius 2 is 2.13 bits per heavy atom. The Kier molecular flexibility index (Phi) is 5.16. The second-order valence-electron chi connectivity index (χ2n) is 6.73. The van der Waals surface area contributed by atoms with Gasteiger partial charge in [-0.15, -0.1) is 0 Å². The van der Waals surface area contributed by atoms with E-state index >= 15 is 0 Å². The zero-order valence-corrected chi connectivity index (χ0v) is 13.4. The minimum atomic E-state index is -0.535. The molecule has 1 aromatic carbocycles. The molecule has 4 nitrogen and oxygen atoms in total. The molecule has 1 aromatic rings. The zero-order valence-electron chi connectivity index (χ0n) is 13.4. The molecule has 1 aliphatic carbocycles. The largest absolute Gasteiger partial charge is 0.489 e. The summed E-state index contributed by atoms with van der Waals surface area (Å²) in [5.41, 5.74) is 6.34. The van der Waals surface area contributed by atoms with Crippen LogP contribution in [0.25, 0.3) is 0 Å². The smallest absolute Gasteiger partial charge is 0.249 e. The molecule has 23 heavy (non-hydrogen) atoms. The van der Waals surface area contributed by atoms with Crippen LogP contribution in [0.15, 0.2) is 12.1 Å². The molecule has 1 heterocycles. The van der Waals surface area contributed by atoms with E-state index in [4.69, 9.17) is 10.5 Å². The highest BCUT2D eigenvalue weighted by atomic mass is 19.1. The van der Waals surface area contributed by atoms with Crippen LogP contribution in [0.5, 0.6) is 5.75 Å². The lowest BCUT2D eigenvalue weighted by atomic mass is 9.96. The van der Waals surface area contributed by atoms with Crippen molar-refractivity contribution < 1.29 is 13.9 Å². The Morgan fingerprint density at radius 1 is 1.35 bits per heavy atom. The van der Waals surface area contributed by atoms with Crippen LogP contribution >= 0.6 is 0 Å². The Balaban J connectivity index is 1.54. The number of rotatable bonds is 6. The summed E-state index contributed by atoms with van der Waals surface area (Å²) >= 11 is 0. The average Bonchev–Trinajstić information content (AvgIpc) is 3.05. The molecule has 3 rings (SSSR count). The van der Waals surface area contributed by atoms with Crippen LogP contribution in [0.3, 0.4) is 0 Å². The second-order valence-corrected chi connectivity index (χ2v) is 6.73. The van der Waals surface area contributed by atoms with E-state index in [0.29, 0.717) is 24.2 Å². The molecule has 0 saturated heterocycles. The number of fused-ring (bicyclic) bond motifs is 1. The van der Waals surface area contributed by atoms with E-state index < -0.39 is 11.7 Å². The standard InChI is InChI=1S/C18H25FN2O2/c19-16-8-7-14(18(20)22)15-10-13(11-23-17(15)16)21-9-3-6-12-4-1-2-5-12/h7-8,12-13,21H,1-6,9-11H2,(H2,20,22). The fraction of sp³-hybridized carbons (Fsp3) is 0.611. The summed E-state index contributed by atoms with van der Waals surface area (Å²) < 4.78 is 19.4. The van der Waals surface area contributed by atoms with Crippen molar-refractivity contribution in [3.8, 4) is 5.75 Å². The van der Waals surface area contributed by atoms with Crippen molar-refractivity contribution >= 4 is 5.91 Å². The monoisotopic (exact) mass is 320 g/mol. The summed E-state index contributed by atoms with van der Waals surface area (Å²) in [6.45, 7) is 1.36. The predicted octanol–water partition coefficient (Wildman–Crippen LogP) is 2.79. The molecule has 1 saturated carbocycles. The van der Waals surface area contributed by atoms with Gasteiger partial charge < -0.3 is 15.8 Å². The van der Waals surface area contributed by atoms with Crippen molar-refractivity contribution in [1.82, 2.24) is 5.32 Å². The maximum Gasteiger partial charge on any atom is 0.249 e. The highest BCUT2D eigenvalue weighted by Crippen LogP contribution is 2.31. The molecule has 2 aliphatic rings. The van der Waals surface area contributed by atoms with Gasteiger partial charge in [-0.3, -0.25) is 4.79 Å². The van der Waals surface area contributed by atoms with E-state index in [9.17, 15) is 9.18 Å². The van der Waals surface area contributed by atoms with Gasteiger partial charge in [-0.25, -0.2) is 4.39 Å². The number of hydrogen-bond acceptors (Lipinski definition) is 3. The van der Waals surface area contributed by atoms with Gasteiger partial charge in [0.1, 0.15) is 6.61 Å². The molecule has 126 valence electrons. The first kappa shape index (κ1) is 16.2. The average molecular weight is 320 g/mol. The number of hydrogen-bond donors (Lipinski definition) is 2. The van der Waals surface area contributed by atoms with Gasteiger partial charge in [0.2, 0.25) is 5.91 Å². The van der Waals surface area contributed by atoms with Gasteiger partial charge in [0, 0.05) is 17.2 Å². The van der Waals surface area contributed by atoms with Crippen LogP contribution in [0.1, 0.15) is 54.4 Å². The first-order chi connectivity index (χ1) is 11.1. The molecular formula is C18H25FN2O2. The van der Waals surface area contributed by atoms with Crippen LogP contribution in [0.2, 0.25) is 0 Å². The van der Waals surface area contributed by atoms with E-state index in [1.54, 1.807) is 0 Å². The maximum atomic E-state index is 13.8. The molecular weight excluding hydrogens is 295 g/mol. The lowest BCUT2D eigenvalue weighted by Crippen LogP contribution is -2.40. The molecule has 1 amide bonds. The first-order valence-electron chi connectivity index (χ1n) is 8.62. The number of primary amides is 1. The molecule has 5 heteroatoms. The summed E-state index contributed by atoms with van der Waals surface area (Å²) in [5.74, 6) is 0.123. The number of nitrogens with two attached hydrogens (primary N) is 1. The van der Waals surface area contributed by atoms with Gasteiger partial charge in [-0.2, -0.15) is 0 Å². The van der Waals surface area contributed by atoms with Crippen molar-refractivity contribution in [2.24, 2.45) is 11.7 Å². The number of carbonyl (C=O) groups is 1. The Hall–Kier alpha value is -1.62. The Labute approximate surface area is 136 Å². The van der Waals surface area contributed by atoms with Gasteiger partial charge in [-0.1, -0.05) is 25.7 Å². The summed E-state index contributed by atoms with van der Waals surface area (Å²) in [6.07, 6.45) is 8.52. The first-order valence-corrected chi connectivity index (χ1v) is 8.62. The molecule has 1 aliphatic heterocycles. The minimum absolute atomic E-state index is 0.103. The number of benzene rings is 1. The molecule has 1 unspecified atom stereocenters. The highest BCUT2D eigenvalue weighted by Gasteiger charge is 2.26. The van der Waals surface area contributed by atoms with E-state index in [1.165, 1.54) is 44.2 Å². The molecule has 3 N–H and O–H groups in total. The van der Waals surface area contributed by atoms with Gasteiger partial charge in [0.05, 0.1) is 0 Å². The van der Waals surface area contributed by atoms with Crippen molar-refractivity contribution in [1.29, 1.82) is 0 Å². The van der Waals surface area contributed by atoms with E-state index in [-0.39, 0.29) is 11.8 Å². The van der Waals surface area contributed by atoms with E-state index in [1.807, 2.05) is 0 Å². The summed E-state index contributed by atoms with van der Waals surface area (Å²) in [7, 11) is 0. The van der Waals surface area contributed by atoms with Gasteiger partial charge in [0.15, 0.2) is 11.6 Å². The Morgan fingerprint density at radius 3 is 2.87 bits per heavy atom. The summed E-state index contributed by atoms with van der Waals surface area (Å²) in [4.78, 5) is 11.5. The van der Waals surface area contributed by atoms with Gasteiger partial charge in [-0.05, 0) is 43.9 Å². The molecule has 1 atom stereocenters. The SMILES string of the molecule is NC(=O)c1ccc(F)c2c1CC(NCCCC1CCCC1)CO2. The van der Waals surface area contributed by atoms with Crippen molar-refractivity contribution in [3.05, 3.63) is 29.1 Å². The van der Waals surface area contributed by atoms with Crippen LogP contribution < -0.4 is 15.8 Å². The predicted molar refractivity (Wildman–Crippen MR) is 87.1 cm³/mol. The normalized spacial score (nSPS) is 21.0. The number of ether oxygens (including phenoxy) is 1. The highest BCUT2D eigenvalue weighted by molar-refractivity contribution is 5.95. The third kappa shape index (κ3) is 3.83. The van der Waals surface area contributed by atoms with E-state index in [2.05, 4.69) is 5.32 Å². The van der Waals surface area contributed by atoms with Crippen LogP contribution in [0, 0.1) is 11.7 Å². The lowest BCUT2D eigenvalue weighted by Gasteiger charge is -2.27. The molecule has 0 aromatic heterocycles. The lowest BCUT2D eigenvalue weighted by molar-refractivity contribution is 0.0997. The second kappa shape index (κ2) is 7.30. The van der Waals surface area contributed by atoms with Crippen LogP contribution in [0.4, 0.5) is 4.39 Å². The molecule has 0 spiro atoms. The van der Waals surface area contributed by atoms with Crippen LogP contribution in [-0.4, -0.2) is 25.1 Å². The summed E-state index contributed by atoms with van der Waals surface area (Å²) in [6, 6.07) is 2.79. The van der Waals surface area contributed by atoms with Crippen LogP contribution in [-0.2, 0) is 6.42 Å².